The van der Waals surface area contributed by atoms with Gasteiger partial charge in [0.1, 0.15) is 6.04 Å². The maximum absolute atomic E-state index is 13.3. The lowest BCUT2D eigenvalue weighted by molar-refractivity contribution is -0.144. The van der Waals surface area contributed by atoms with Gasteiger partial charge in [0.15, 0.2) is 17.7 Å². The molecule has 0 radical (unpaired) electrons. The predicted molar refractivity (Wildman–Crippen MR) is 63.1 cm³/mol. The second-order valence-electron chi connectivity index (χ2n) is 3.77. The fourth-order valence-electron chi connectivity index (χ4n) is 1.26. The number of carboxylic acid groups (broad SMARTS) is 1. The molecule has 0 aliphatic carbocycles. The average Bonchev–Trinajstić information content (AvgIpc) is 2.37. The van der Waals surface area contributed by atoms with Gasteiger partial charge < -0.3 is 20.3 Å². The lowest BCUT2D eigenvalue weighted by Crippen LogP contribution is -2.48. The van der Waals surface area contributed by atoms with Gasteiger partial charge >= 0.3 is 5.97 Å². The smallest absolute Gasteiger partial charge is 0.328 e. The Morgan fingerprint density at radius 1 is 1.42 bits per heavy atom. The largest absolute Gasteiger partial charge is 0.480 e. The number of hydrogen-bond acceptors (Lipinski definition) is 4. The number of halogens is 1. The van der Waals surface area contributed by atoms with Crippen LogP contribution in [0.5, 0.6) is 5.75 Å². The molecule has 1 rings (SSSR count). The zero-order valence-electron chi connectivity index (χ0n) is 10.2. The number of benzene rings is 1. The highest BCUT2D eigenvalue weighted by molar-refractivity contribution is 5.86. The van der Waals surface area contributed by atoms with Crippen molar-refractivity contribution in [3.05, 3.63) is 30.1 Å². The van der Waals surface area contributed by atoms with E-state index in [0.29, 0.717) is 0 Å². The van der Waals surface area contributed by atoms with Crippen LogP contribution in [0.2, 0.25) is 0 Å². The summed E-state index contributed by atoms with van der Waals surface area (Å²) >= 11 is 0. The highest BCUT2D eigenvalue weighted by Crippen LogP contribution is 2.16. The molecule has 0 aromatic heterocycles. The minimum atomic E-state index is -1.42. The Morgan fingerprint density at radius 2 is 2.05 bits per heavy atom. The fourth-order valence-corrected chi connectivity index (χ4v) is 1.26. The molecule has 0 aliphatic rings. The second-order valence-corrected chi connectivity index (χ2v) is 3.77. The van der Waals surface area contributed by atoms with E-state index in [4.69, 9.17) is 14.9 Å². The van der Waals surface area contributed by atoms with Crippen LogP contribution in [0.1, 0.15) is 6.92 Å². The number of para-hydroxylation sites is 1. The molecule has 1 aromatic carbocycles. The summed E-state index contributed by atoms with van der Waals surface area (Å²) in [6.45, 7) is 0.603. The van der Waals surface area contributed by atoms with Crippen LogP contribution in [0.15, 0.2) is 24.3 Å². The molecule has 3 N–H and O–H groups in total. The van der Waals surface area contributed by atoms with E-state index in [2.05, 4.69) is 5.32 Å². The molecule has 1 unspecified atom stereocenters. The summed E-state index contributed by atoms with van der Waals surface area (Å²) in [5, 5.41) is 19.5. The number of rotatable bonds is 6. The van der Waals surface area contributed by atoms with Crippen molar-refractivity contribution in [1.29, 1.82) is 0 Å². The van der Waals surface area contributed by atoms with Gasteiger partial charge in [-0.25, -0.2) is 9.18 Å². The van der Waals surface area contributed by atoms with Crippen molar-refractivity contribution in [3.63, 3.8) is 0 Å². The number of nitrogens with one attached hydrogen (secondary N) is 1. The molecular weight excluding hydrogens is 257 g/mol. The van der Waals surface area contributed by atoms with E-state index in [9.17, 15) is 14.0 Å². The van der Waals surface area contributed by atoms with Crippen LogP contribution in [0, 0.1) is 5.82 Å². The van der Waals surface area contributed by atoms with Gasteiger partial charge in [-0.05, 0) is 19.1 Å². The number of aliphatic hydroxyl groups excluding tert-OH is 1. The number of carboxylic acids is 1. The topological polar surface area (TPSA) is 95.9 Å². The van der Waals surface area contributed by atoms with Gasteiger partial charge in [0, 0.05) is 0 Å². The molecule has 6 nitrogen and oxygen atoms in total. The van der Waals surface area contributed by atoms with Gasteiger partial charge in [-0.3, -0.25) is 4.79 Å². The summed E-state index contributed by atoms with van der Waals surface area (Å²) in [5.41, 5.74) is 0. The van der Waals surface area contributed by atoms with Crippen molar-refractivity contribution in [2.75, 3.05) is 6.61 Å². The molecule has 7 heteroatoms. The Bertz CT molecular complexity index is 465. The van der Waals surface area contributed by atoms with Crippen molar-refractivity contribution >= 4 is 11.9 Å². The monoisotopic (exact) mass is 271 g/mol. The molecule has 1 aromatic rings. The van der Waals surface area contributed by atoms with Crippen LogP contribution in [0.25, 0.3) is 0 Å². The molecule has 104 valence electrons. The van der Waals surface area contributed by atoms with E-state index in [1.54, 1.807) is 0 Å². The molecule has 1 amide bonds. The van der Waals surface area contributed by atoms with E-state index in [-0.39, 0.29) is 5.75 Å². The number of aliphatic hydroxyl groups is 1. The first-order valence-electron chi connectivity index (χ1n) is 5.51. The normalized spacial score (nSPS) is 13.4. The standard InChI is InChI=1S/C12H14FNO5/c1-7(11(16)14-9(6-15)12(17)18)19-10-5-3-2-4-8(10)13/h2-5,7,9,15H,6H2,1H3,(H,14,16)(H,17,18)/t7?,9-/m1/s1. The third kappa shape index (κ3) is 4.22. The molecule has 0 saturated carbocycles. The number of ether oxygens (including phenoxy) is 1. The molecule has 0 bridgehead atoms. The number of amides is 1. The molecule has 2 atom stereocenters. The van der Waals surface area contributed by atoms with Gasteiger partial charge in [0.2, 0.25) is 0 Å². The predicted octanol–water partition coefficient (Wildman–Crippen LogP) is 0.155. The van der Waals surface area contributed by atoms with Gasteiger partial charge in [-0.2, -0.15) is 0 Å². The third-order valence-electron chi connectivity index (χ3n) is 2.31. The first-order chi connectivity index (χ1) is 8.95. The Balaban J connectivity index is 2.63. The van der Waals surface area contributed by atoms with Crippen LogP contribution in [-0.4, -0.2) is 40.8 Å². The number of carbonyl (C=O) groups excluding carboxylic acids is 1. The Labute approximate surface area is 108 Å². The van der Waals surface area contributed by atoms with E-state index >= 15 is 0 Å². The summed E-state index contributed by atoms with van der Waals surface area (Å²) in [7, 11) is 0. The van der Waals surface area contributed by atoms with Crippen LogP contribution >= 0.6 is 0 Å². The SMILES string of the molecule is CC(Oc1ccccc1F)C(=O)N[C@H](CO)C(=O)O. The van der Waals surface area contributed by atoms with E-state index in [1.807, 2.05) is 0 Å². The maximum Gasteiger partial charge on any atom is 0.328 e. The lowest BCUT2D eigenvalue weighted by Gasteiger charge is -2.17. The Hall–Kier alpha value is -2.15. The number of carbonyl (C=O) groups is 2. The van der Waals surface area contributed by atoms with Gasteiger partial charge in [-0.1, -0.05) is 12.1 Å². The third-order valence-corrected chi connectivity index (χ3v) is 2.31. The molecular formula is C12H14FNO5. The lowest BCUT2D eigenvalue weighted by atomic mass is 10.2. The molecule has 19 heavy (non-hydrogen) atoms. The fraction of sp³-hybridized carbons (Fsp3) is 0.333. The molecule has 0 saturated heterocycles. The van der Waals surface area contributed by atoms with E-state index < -0.39 is 36.4 Å². The van der Waals surface area contributed by atoms with Crippen molar-refractivity contribution in [2.24, 2.45) is 0 Å². The van der Waals surface area contributed by atoms with Crippen LogP contribution < -0.4 is 10.1 Å². The minimum Gasteiger partial charge on any atom is -0.480 e. The van der Waals surface area contributed by atoms with Gasteiger partial charge in [0.05, 0.1) is 6.61 Å². The summed E-state index contributed by atoms with van der Waals surface area (Å²) in [4.78, 5) is 22.2. The van der Waals surface area contributed by atoms with Crippen molar-refractivity contribution in [1.82, 2.24) is 5.32 Å². The average molecular weight is 271 g/mol. The molecule has 0 fully saturated rings. The number of hydrogen-bond donors (Lipinski definition) is 3. The van der Waals surface area contributed by atoms with E-state index in [1.165, 1.54) is 31.2 Å². The molecule has 0 aliphatic heterocycles. The zero-order chi connectivity index (χ0) is 14.4. The Morgan fingerprint density at radius 3 is 2.58 bits per heavy atom. The first kappa shape index (κ1) is 14.9. The van der Waals surface area contributed by atoms with E-state index in [0.717, 1.165) is 0 Å². The summed E-state index contributed by atoms with van der Waals surface area (Å²) in [6, 6.07) is 4.11. The Kier molecular flexibility index (Phi) is 5.25. The summed E-state index contributed by atoms with van der Waals surface area (Å²) in [5.74, 6) is -2.86. The second kappa shape index (κ2) is 6.69. The highest BCUT2D eigenvalue weighted by atomic mass is 19.1. The maximum atomic E-state index is 13.3. The summed E-state index contributed by atoms with van der Waals surface area (Å²) in [6.07, 6.45) is -1.09. The summed E-state index contributed by atoms with van der Waals surface area (Å²) < 4.78 is 18.3. The first-order valence-corrected chi connectivity index (χ1v) is 5.51. The van der Waals surface area contributed by atoms with Crippen molar-refractivity contribution < 1.29 is 28.9 Å². The van der Waals surface area contributed by atoms with Crippen LogP contribution in [0.3, 0.4) is 0 Å². The molecule has 0 heterocycles. The van der Waals surface area contributed by atoms with Crippen molar-refractivity contribution in [3.8, 4) is 5.75 Å². The zero-order valence-corrected chi connectivity index (χ0v) is 10.2. The minimum absolute atomic E-state index is 0.110. The van der Waals surface area contributed by atoms with Crippen molar-refractivity contribution in [2.45, 2.75) is 19.1 Å². The number of aliphatic carboxylic acids is 1. The van der Waals surface area contributed by atoms with Gasteiger partial charge in [-0.15, -0.1) is 0 Å². The highest BCUT2D eigenvalue weighted by Gasteiger charge is 2.23. The van der Waals surface area contributed by atoms with Crippen LogP contribution in [-0.2, 0) is 9.59 Å². The molecule has 0 spiro atoms. The van der Waals surface area contributed by atoms with Gasteiger partial charge in [0.25, 0.3) is 5.91 Å². The van der Waals surface area contributed by atoms with Crippen LogP contribution in [0.4, 0.5) is 4.39 Å². The quantitative estimate of drug-likeness (QED) is 0.684.